The van der Waals surface area contributed by atoms with Gasteiger partial charge in [-0.2, -0.15) is 0 Å². The van der Waals surface area contributed by atoms with Gasteiger partial charge in [0.15, 0.2) is 11.6 Å². The first kappa shape index (κ1) is 25.5. The molecule has 1 aliphatic rings. The number of benzene rings is 3. The minimum Gasteiger partial charge on any atom is -0.371 e. The summed E-state index contributed by atoms with van der Waals surface area (Å²) in [7, 11) is 1.88. The van der Waals surface area contributed by atoms with Crippen molar-refractivity contribution < 1.29 is 14.0 Å². The van der Waals surface area contributed by atoms with Crippen LogP contribution in [-0.2, 0) is 19.9 Å². The molecule has 1 atom stereocenters. The van der Waals surface area contributed by atoms with Crippen LogP contribution in [0.15, 0.2) is 85.2 Å². The number of hydrogen-bond donors (Lipinski definition) is 1. The summed E-state index contributed by atoms with van der Waals surface area (Å²) in [6.07, 6.45) is 5.30. The Morgan fingerprint density at radius 1 is 0.895 bits per heavy atom. The highest BCUT2D eigenvalue weighted by Crippen LogP contribution is 2.25. The smallest absolute Gasteiger partial charge is 0.168 e. The molecule has 6 heteroatoms. The van der Waals surface area contributed by atoms with E-state index in [4.69, 9.17) is 0 Å². The Kier molecular flexibility index (Phi) is 7.40. The topological polar surface area (TPSA) is 54.3 Å². The summed E-state index contributed by atoms with van der Waals surface area (Å²) in [6.45, 7) is 4.35. The van der Waals surface area contributed by atoms with Gasteiger partial charge in [0.1, 0.15) is 5.82 Å². The van der Waals surface area contributed by atoms with Crippen molar-refractivity contribution in [2.45, 2.75) is 26.2 Å². The van der Waals surface area contributed by atoms with Gasteiger partial charge < -0.3 is 14.8 Å². The van der Waals surface area contributed by atoms with Crippen molar-refractivity contribution in [3.63, 3.8) is 0 Å². The third-order valence-corrected chi connectivity index (χ3v) is 7.13. The maximum absolute atomic E-state index is 14.9. The Hall–Kier alpha value is -4.19. The zero-order valence-electron chi connectivity index (χ0n) is 21.8. The van der Waals surface area contributed by atoms with Crippen LogP contribution < -0.4 is 10.2 Å². The van der Waals surface area contributed by atoms with Gasteiger partial charge in [-0.1, -0.05) is 25.1 Å². The van der Waals surface area contributed by atoms with Crippen molar-refractivity contribution in [2.24, 2.45) is 13.0 Å². The molecule has 38 heavy (non-hydrogen) atoms. The van der Waals surface area contributed by atoms with Gasteiger partial charge in [-0.25, -0.2) is 4.39 Å². The van der Waals surface area contributed by atoms with E-state index in [9.17, 15) is 14.0 Å². The Bertz CT molecular complexity index is 1440. The maximum Gasteiger partial charge on any atom is 0.168 e. The summed E-state index contributed by atoms with van der Waals surface area (Å²) >= 11 is 0. The molecule has 2 heterocycles. The van der Waals surface area contributed by atoms with E-state index in [1.165, 1.54) is 12.5 Å². The second-order valence-corrected chi connectivity index (χ2v) is 10.3. The average molecular weight is 510 g/mol. The second-order valence-electron chi connectivity index (χ2n) is 10.3. The van der Waals surface area contributed by atoms with E-state index in [1.54, 1.807) is 12.1 Å². The molecular weight excluding hydrogens is 477 g/mol. The van der Waals surface area contributed by atoms with Gasteiger partial charge in [-0.15, -0.1) is 0 Å². The minimum atomic E-state index is -0.419. The number of nitrogens with zero attached hydrogens (tertiary/aromatic N) is 2. The minimum absolute atomic E-state index is 0.0351. The van der Waals surface area contributed by atoms with Gasteiger partial charge in [0, 0.05) is 67.9 Å². The Labute approximate surface area is 222 Å². The fraction of sp³-hybridized carbons (Fsp3) is 0.250. The lowest BCUT2D eigenvalue weighted by Gasteiger charge is -2.18. The van der Waals surface area contributed by atoms with Crippen LogP contribution in [0.4, 0.5) is 21.5 Å². The number of anilines is 3. The molecular formula is C32H32FN3O2. The van der Waals surface area contributed by atoms with E-state index in [2.05, 4.69) is 17.1 Å². The van der Waals surface area contributed by atoms with Crippen LogP contribution in [0.2, 0.25) is 0 Å². The van der Waals surface area contributed by atoms with Crippen LogP contribution >= 0.6 is 0 Å². The summed E-state index contributed by atoms with van der Waals surface area (Å²) in [5, 5.41) is 3.08. The number of rotatable bonds is 9. The molecule has 0 saturated carbocycles. The highest BCUT2D eigenvalue weighted by molar-refractivity contribution is 5.98. The largest absolute Gasteiger partial charge is 0.371 e. The van der Waals surface area contributed by atoms with Gasteiger partial charge in [-0.05, 0) is 78.1 Å². The van der Waals surface area contributed by atoms with Crippen LogP contribution in [0.5, 0.6) is 0 Å². The molecule has 1 aliphatic heterocycles. The fourth-order valence-electron chi connectivity index (χ4n) is 4.90. The van der Waals surface area contributed by atoms with Gasteiger partial charge in [0.05, 0.1) is 5.69 Å². The third kappa shape index (κ3) is 6.02. The number of halogens is 1. The fourth-order valence-corrected chi connectivity index (χ4v) is 4.90. The quantitative estimate of drug-likeness (QED) is 0.258. The number of ketones is 2. The summed E-state index contributed by atoms with van der Waals surface area (Å²) in [4.78, 5) is 27.6. The molecule has 3 aromatic carbocycles. The molecule has 0 spiro atoms. The summed E-state index contributed by atoms with van der Waals surface area (Å²) < 4.78 is 16.7. The van der Waals surface area contributed by atoms with Gasteiger partial charge in [0.25, 0.3) is 0 Å². The van der Waals surface area contributed by atoms with E-state index in [1.807, 2.05) is 78.6 Å². The van der Waals surface area contributed by atoms with Crippen LogP contribution in [-0.4, -0.2) is 29.2 Å². The summed E-state index contributed by atoms with van der Waals surface area (Å²) in [5.41, 5.74) is 5.03. The third-order valence-electron chi connectivity index (χ3n) is 7.13. The predicted octanol–water partition coefficient (Wildman–Crippen LogP) is 6.60. The summed E-state index contributed by atoms with van der Waals surface area (Å²) in [5.74, 6) is 0.294. The monoisotopic (exact) mass is 509 g/mol. The molecule has 0 unspecified atom stereocenters. The van der Waals surface area contributed by atoms with Gasteiger partial charge in [0.2, 0.25) is 0 Å². The van der Waals surface area contributed by atoms with E-state index in [0.717, 1.165) is 30.0 Å². The van der Waals surface area contributed by atoms with Crippen molar-refractivity contribution in [3.05, 3.63) is 113 Å². The molecule has 1 saturated heterocycles. The zero-order chi connectivity index (χ0) is 26.6. The van der Waals surface area contributed by atoms with Crippen molar-refractivity contribution in [2.75, 3.05) is 23.3 Å². The molecule has 5 rings (SSSR count). The average Bonchev–Trinajstić information content (AvgIpc) is 3.55. The molecule has 1 fully saturated rings. The number of hydrogen-bond acceptors (Lipinski definition) is 4. The molecule has 0 bridgehead atoms. The Morgan fingerprint density at radius 2 is 1.58 bits per heavy atom. The van der Waals surface area contributed by atoms with E-state index in [-0.39, 0.29) is 18.0 Å². The molecule has 194 valence electrons. The number of aromatic nitrogens is 1. The number of aryl methyl sites for hydroxylation is 1. The van der Waals surface area contributed by atoms with E-state index < -0.39 is 5.82 Å². The van der Waals surface area contributed by atoms with Crippen molar-refractivity contribution in [3.8, 4) is 0 Å². The van der Waals surface area contributed by atoms with Crippen LogP contribution in [0.25, 0.3) is 0 Å². The van der Waals surface area contributed by atoms with Crippen molar-refractivity contribution >= 4 is 28.6 Å². The Balaban J connectivity index is 1.17. The molecule has 0 amide bonds. The number of Topliss-reactive ketones (excluding diaryl/α,β-unsaturated/α-hetero) is 2. The lowest BCUT2D eigenvalue weighted by atomic mass is 10.0. The molecule has 4 aromatic rings. The highest BCUT2D eigenvalue weighted by Gasteiger charge is 2.19. The molecule has 0 radical (unpaired) electrons. The first-order valence-corrected chi connectivity index (χ1v) is 13.0. The lowest BCUT2D eigenvalue weighted by Crippen LogP contribution is -2.19. The second kappa shape index (κ2) is 11.1. The first-order chi connectivity index (χ1) is 18.3. The first-order valence-electron chi connectivity index (χ1n) is 13.0. The number of carbonyl (C=O) groups is 2. The Morgan fingerprint density at radius 3 is 2.21 bits per heavy atom. The van der Waals surface area contributed by atoms with E-state index in [0.29, 0.717) is 34.7 Å². The SMILES string of the molecule is C[C@@H]1CCN(c2ccc(C(=O)Cc3ccc(Nc4ccc(CC(=O)c5ccn(C)c5)cc4)c(F)c3)cc2)C1. The van der Waals surface area contributed by atoms with Gasteiger partial charge in [-0.3, -0.25) is 9.59 Å². The van der Waals surface area contributed by atoms with Gasteiger partial charge >= 0.3 is 0 Å². The predicted molar refractivity (Wildman–Crippen MR) is 150 cm³/mol. The van der Waals surface area contributed by atoms with Crippen LogP contribution in [0.1, 0.15) is 45.2 Å². The summed E-state index contributed by atoms with van der Waals surface area (Å²) in [6, 6.07) is 21.8. The molecule has 0 aliphatic carbocycles. The lowest BCUT2D eigenvalue weighted by molar-refractivity contribution is 0.0984. The number of nitrogens with one attached hydrogen (secondary N) is 1. The molecule has 1 N–H and O–H groups in total. The van der Waals surface area contributed by atoms with Crippen molar-refractivity contribution in [1.82, 2.24) is 4.57 Å². The zero-order valence-corrected chi connectivity index (χ0v) is 21.8. The number of carbonyl (C=O) groups excluding carboxylic acids is 2. The van der Waals surface area contributed by atoms with Crippen LogP contribution in [0, 0.1) is 11.7 Å². The maximum atomic E-state index is 14.9. The van der Waals surface area contributed by atoms with Crippen LogP contribution in [0.3, 0.4) is 0 Å². The van der Waals surface area contributed by atoms with E-state index >= 15 is 0 Å². The van der Waals surface area contributed by atoms with Crippen molar-refractivity contribution in [1.29, 1.82) is 0 Å². The molecule has 5 nitrogen and oxygen atoms in total. The standard InChI is InChI=1S/C32H32FN3O2/c1-22-13-16-36(20-22)28-10-6-25(7-11-28)31(37)19-24-5-12-30(29(33)17-24)34-27-8-3-23(4-9-27)18-32(38)26-14-15-35(2)21-26/h3-12,14-15,17,21-22,34H,13,16,18-20H2,1-2H3/t22-/m1/s1. The highest BCUT2D eigenvalue weighted by atomic mass is 19.1. The molecule has 1 aromatic heterocycles. The normalized spacial score (nSPS) is 15.0.